The second-order valence-corrected chi connectivity index (χ2v) is 8.65. The van der Waals surface area contributed by atoms with Crippen molar-refractivity contribution in [1.29, 1.82) is 0 Å². The number of ether oxygens (including phenoxy) is 1. The molecule has 0 aliphatic carbocycles. The van der Waals surface area contributed by atoms with Gasteiger partial charge >= 0.3 is 24.1 Å². The van der Waals surface area contributed by atoms with Gasteiger partial charge in [-0.1, -0.05) is 6.07 Å². The number of urea groups is 1. The van der Waals surface area contributed by atoms with Gasteiger partial charge in [0, 0.05) is 37.8 Å². The number of aliphatic carboxylic acids is 1. The standard InChI is InChI=1S/C22H32N4O4.C2HF3O2/c1-3-30-21(28)14-16(2)24-20(27)8-11-25-12-13-26(22(25)29)19-5-4-17-6-9-23-10-7-18(17)15-19;3-2(4,5)1(6)7/h4-5,15-16,23H,3,6-14H2,1-2H3,(H,24,27);(H,6,7). The first-order valence-electron chi connectivity index (χ1n) is 12.1. The van der Waals surface area contributed by atoms with E-state index in [1.54, 1.807) is 23.6 Å². The van der Waals surface area contributed by atoms with E-state index in [9.17, 15) is 27.6 Å². The van der Waals surface area contributed by atoms with Crippen LogP contribution in [0.4, 0.5) is 23.7 Å². The van der Waals surface area contributed by atoms with E-state index in [1.807, 2.05) is 6.07 Å². The minimum Gasteiger partial charge on any atom is -0.475 e. The van der Waals surface area contributed by atoms with Crippen LogP contribution < -0.4 is 15.5 Å². The summed E-state index contributed by atoms with van der Waals surface area (Å²) >= 11 is 0. The van der Waals surface area contributed by atoms with E-state index < -0.39 is 12.1 Å². The zero-order valence-electron chi connectivity index (χ0n) is 20.9. The van der Waals surface area contributed by atoms with Crippen molar-refractivity contribution in [3.63, 3.8) is 0 Å². The van der Waals surface area contributed by atoms with E-state index in [2.05, 4.69) is 22.8 Å². The first-order chi connectivity index (χ1) is 17.4. The molecule has 37 heavy (non-hydrogen) atoms. The highest BCUT2D eigenvalue weighted by atomic mass is 19.4. The van der Waals surface area contributed by atoms with Crippen molar-refractivity contribution in [2.24, 2.45) is 0 Å². The number of carboxylic acids is 1. The zero-order chi connectivity index (χ0) is 27.6. The molecule has 2 aliphatic heterocycles. The molecular weight excluding hydrogens is 497 g/mol. The van der Waals surface area contributed by atoms with Crippen LogP contribution in [0.25, 0.3) is 0 Å². The Balaban J connectivity index is 0.000000604. The maximum atomic E-state index is 12.8. The van der Waals surface area contributed by atoms with Gasteiger partial charge in [-0.3, -0.25) is 14.5 Å². The van der Waals surface area contributed by atoms with Crippen LogP contribution in [-0.2, 0) is 32.0 Å². The molecule has 0 spiro atoms. The molecule has 1 fully saturated rings. The number of carbonyl (C=O) groups excluding carboxylic acids is 3. The number of nitrogens with one attached hydrogen (secondary N) is 2. The lowest BCUT2D eigenvalue weighted by molar-refractivity contribution is -0.192. The summed E-state index contributed by atoms with van der Waals surface area (Å²) in [5.41, 5.74) is 3.58. The Labute approximate surface area is 213 Å². The molecule has 3 amide bonds. The summed E-state index contributed by atoms with van der Waals surface area (Å²) in [7, 11) is 0. The lowest BCUT2D eigenvalue weighted by Gasteiger charge is -2.20. The van der Waals surface area contributed by atoms with Crippen LogP contribution in [0.2, 0.25) is 0 Å². The number of alkyl halides is 3. The molecule has 0 aromatic heterocycles. The number of amides is 3. The molecule has 1 atom stereocenters. The van der Waals surface area contributed by atoms with Crippen molar-refractivity contribution in [2.45, 2.75) is 51.7 Å². The predicted octanol–water partition coefficient (Wildman–Crippen LogP) is 2.10. The van der Waals surface area contributed by atoms with Crippen molar-refractivity contribution in [3.05, 3.63) is 29.3 Å². The summed E-state index contributed by atoms with van der Waals surface area (Å²) < 4.78 is 36.6. The number of carbonyl (C=O) groups is 4. The predicted molar refractivity (Wildman–Crippen MR) is 128 cm³/mol. The Hall–Kier alpha value is -3.35. The van der Waals surface area contributed by atoms with Crippen LogP contribution in [0.15, 0.2) is 18.2 Å². The van der Waals surface area contributed by atoms with Gasteiger partial charge in [0.2, 0.25) is 5.91 Å². The maximum Gasteiger partial charge on any atom is 0.490 e. The number of anilines is 1. The number of hydrogen-bond donors (Lipinski definition) is 3. The maximum absolute atomic E-state index is 12.8. The van der Waals surface area contributed by atoms with Crippen molar-refractivity contribution in [2.75, 3.05) is 44.2 Å². The van der Waals surface area contributed by atoms with Crippen molar-refractivity contribution in [1.82, 2.24) is 15.5 Å². The Bertz CT molecular complexity index is 972. The average Bonchev–Trinajstić information content (AvgIpc) is 3.01. The van der Waals surface area contributed by atoms with E-state index >= 15 is 0 Å². The van der Waals surface area contributed by atoms with E-state index in [0.717, 1.165) is 31.6 Å². The summed E-state index contributed by atoms with van der Waals surface area (Å²) in [5.74, 6) is -3.25. The molecule has 3 rings (SSSR count). The number of nitrogens with zero attached hydrogens (tertiary/aromatic N) is 2. The van der Waals surface area contributed by atoms with Gasteiger partial charge in [-0.05, 0) is 63.0 Å². The van der Waals surface area contributed by atoms with E-state index in [1.165, 1.54) is 11.1 Å². The van der Waals surface area contributed by atoms with Crippen LogP contribution >= 0.6 is 0 Å². The highest BCUT2D eigenvalue weighted by molar-refractivity contribution is 5.94. The summed E-state index contributed by atoms with van der Waals surface area (Å²) in [6.45, 7) is 7.38. The summed E-state index contributed by atoms with van der Waals surface area (Å²) in [6.07, 6.45) is -2.75. The first kappa shape index (κ1) is 29.9. The number of carboxylic acid groups (broad SMARTS) is 1. The fraction of sp³-hybridized carbons (Fsp3) is 0.583. The van der Waals surface area contributed by atoms with Gasteiger partial charge in [-0.25, -0.2) is 9.59 Å². The number of halogens is 3. The molecule has 13 heteroatoms. The second kappa shape index (κ2) is 13.8. The van der Waals surface area contributed by atoms with Crippen LogP contribution in [0.5, 0.6) is 0 Å². The van der Waals surface area contributed by atoms with E-state index in [4.69, 9.17) is 14.6 Å². The number of fused-ring (bicyclic) bond motifs is 1. The van der Waals surface area contributed by atoms with Crippen molar-refractivity contribution >= 4 is 29.6 Å². The molecule has 1 saturated heterocycles. The Morgan fingerprint density at radius 3 is 2.43 bits per heavy atom. The topological polar surface area (TPSA) is 128 Å². The van der Waals surface area contributed by atoms with Gasteiger partial charge in [0.15, 0.2) is 0 Å². The highest BCUT2D eigenvalue weighted by Crippen LogP contribution is 2.25. The van der Waals surface area contributed by atoms with Gasteiger partial charge < -0.3 is 25.4 Å². The lowest BCUT2D eigenvalue weighted by atomic mass is 10.0. The van der Waals surface area contributed by atoms with Gasteiger partial charge in [0.1, 0.15) is 0 Å². The molecule has 2 heterocycles. The van der Waals surface area contributed by atoms with Crippen molar-refractivity contribution in [3.8, 4) is 0 Å². The molecule has 1 aromatic rings. The monoisotopic (exact) mass is 530 g/mol. The Kier molecular flexibility index (Phi) is 11.2. The molecule has 10 nitrogen and oxygen atoms in total. The summed E-state index contributed by atoms with van der Waals surface area (Å²) in [4.78, 5) is 48.9. The zero-order valence-corrected chi connectivity index (χ0v) is 20.9. The van der Waals surface area contributed by atoms with Crippen LogP contribution in [0, 0.1) is 0 Å². The molecule has 3 N–H and O–H groups in total. The number of benzene rings is 1. The number of rotatable bonds is 8. The quantitative estimate of drug-likeness (QED) is 0.439. The lowest BCUT2D eigenvalue weighted by Crippen LogP contribution is -2.38. The molecule has 1 aromatic carbocycles. The second-order valence-electron chi connectivity index (χ2n) is 8.65. The highest BCUT2D eigenvalue weighted by Gasteiger charge is 2.38. The third-order valence-corrected chi connectivity index (χ3v) is 5.78. The van der Waals surface area contributed by atoms with Crippen LogP contribution in [0.3, 0.4) is 0 Å². The fourth-order valence-electron chi connectivity index (χ4n) is 3.96. The van der Waals surface area contributed by atoms with E-state index in [-0.39, 0.29) is 36.8 Å². The van der Waals surface area contributed by atoms with Crippen molar-refractivity contribution < 1.29 is 42.2 Å². The van der Waals surface area contributed by atoms with Gasteiger partial charge in [-0.2, -0.15) is 13.2 Å². The van der Waals surface area contributed by atoms with Crippen LogP contribution in [0.1, 0.15) is 37.8 Å². The molecule has 0 bridgehead atoms. The Morgan fingerprint density at radius 2 is 1.81 bits per heavy atom. The average molecular weight is 531 g/mol. The third-order valence-electron chi connectivity index (χ3n) is 5.78. The minimum atomic E-state index is -5.08. The van der Waals surface area contributed by atoms with Gasteiger partial charge in [0.25, 0.3) is 0 Å². The number of esters is 1. The molecule has 0 radical (unpaired) electrons. The Morgan fingerprint density at radius 1 is 1.16 bits per heavy atom. The molecular formula is C24H33F3N4O6. The minimum absolute atomic E-state index is 0.0610. The largest absolute Gasteiger partial charge is 0.490 e. The molecule has 2 aliphatic rings. The summed E-state index contributed by atoms with van der Waals surface area (Å²) in [5, 5.41) is 13.3. The molecule has 0 saturated carbocycles. The molecule has 206 valence electrons. The summed E-state index contributed by atoms with van der Waals surface area (Å²) in [6, 6.07) is 5.93. The van der Waals surface area contributed by atoms with Gasteiger partial charge in [0.05, 0.1) is 13.0 Å². The van der Waals surface area contributed by atoms with Crippen LogP contribution in [-0.4, -0.2) is 85.4 Å². The van der Waals surface area contributed by atoms with E-state index in [0.29, 0.717) is 26.2 Å². The number of hydrogen-bond acceptors (Lipinski definition) is 6. The first-order valence-corrected chi connectivity index (χ1v) is 12.1. The smallest absolute Gasteiger partial charge is 0.475 e. The normalized spacial score (nSPS) is 16.2. The third kappa shape index (κ3) is 9.56. The fourth-order valence-corrected chi connectivity index (χ4v) is 3.96. The molecule has 1 unspecified atom stereocenters. The van der Waals surface area contributed by atoms with Gasteiger partial charge in [-0.15, -0.1) is 0 Å². The SMILES string of the molecule is CCOC(=O)CC(C)NC(=O)CCN1CCN(c2ccc3c(c2)CCNCC3)C1=O.O=C(O)C(F)(F)F.